The quantitative estimate of drug-likeness (QED) is 0.522. The van der Waals surface area contributed by atoms with Crippen molar-refractivity contribution in [3.8, 4) is 0 Å². The van der Waals surface area contributed by atoms with Gasteiger partial charge >= 0.3 is 0 Å². The molecule has 1 fully saturated rings. The summed E-state index contributed by atoms with van der Waals surface area (Å²) in [6.45, 7) is 0.892. The maximum absolute atomic E-state index is 13.4. The lowest BCUT2D eigenvalue weighted by molar-refractivity contribution is -0.141. The molecule has 0 spiro atoms. The summed E-state index contributed by atoms with van der Waals surface area (Å²) in [5, 5.41) is 2.96. The van der Waals surface area contributed by atoms with Gasteiger partial charge in [-0.3, -0.25) is 9.59 Å². The van der Waals surface area contributed by atoms with Gasteiger partial charge in [0.05, 0.1) is 18.9 Å². The van der Waals surface area contributed by atoms with E-state index in [0.717, 1.165) is 34.5 Å². The monoisotopic (exact) mass is 487 g/mol. The number of sulfonamides is 1. The lowest BCUT2D eigenvalue weighted by Gasteiger charge is -2.32. The number of hydrogen-bond acceptors (Lipinski definition) is 5. The van der Waals surface area contributed by atoms with Crippen molar-refractivity contribution in [2.45, 2.75) is 38.0 Å². The zero-order valence-electron chi connectivity index (χ0n) is 19.7. The van der Waals surface area contributed by atoms with Crippen LogP contribution in [0, 0.1) is 0 Å². The van der Waals surface area contributed by atoms with Crippen molar-refractivity contribution in [3.05, 3.63) is 71.8 Å². The van der Waals surface area contributed by atoms with E-state index in [1.807, 2.05) is 60.7 Å². The Labute approximate surface area is 201 Å². The molecule has 2 aromatic carbocycles. The van der Waals surface area contributed by atoms with Crippen molar-refractivity contribution in [3.63, 3.8) is 0 Å². The Bertz CT molecular complexity index is 1040. The highest BCUT2D eigenvalue weighted by molar-refractivity contribution is 7.88. The van der Waals surface area contributed by atoms with Crippen LogP contribution in [0.25, 0.3) is 0 Å². The third-order valence-corrected chi connectivity index (χ3v) is 7.18. The van der Waals surface area contributed by atoms with Crippen molar-refractivity contribution in [2.75, 3.05) is 33.0 Å². The van der Waals surface area contributed by atoms with Crippen LogP contribution in [-0.4, -0.2) is 74.6 Å². The number of carbonyl (C=O) groups excluding carboxylic acids is 2. The molecule has 2 atom stereocenters. The largest absolute Gasteiger partial charge is 0.376 e. The number of nitrogens with zero attached hydrogens (tertiary/aromatic N) is 2. The molecule has 0 bridgehead atoms. The lowest BCUT2D eigenvalue weighted by atomic mass is 10.0. The normalized spacial score (nSPS) is 16.9. The molecule has 2 aromatic rings. The van der Waals surface area contributed by atoms with E-state index in [9.17, 15) is 18.0 Å². The minimum absolute atomic E-state index is 0.0315. The van der Waals surface area contributed by atoms with E-state index >= 15 is 0 Å². The second-order valence-electron chi connectivity index (χ2n) is 8.61. The van der Waals surface area contributed by atoms with E-state index in [1.165, 1.54) is 11.9 Å². The van der Waals surface area contributed by atoms with Crippen LogP contribution in [0.1, 0.15) is 24.0 Å². The lowest BCUT2D eigenvalue weighted by Crippen LogP contribution is -2.53. The Hall–Kier alpha value is -2.75. The fraction of sp³-hybridized carbons (Fsp3) is 0.440. The molecular formula is C25H33N3O5S. The third-order valence-electron chi connectivity index (χ3n) is 5.92. The first kappa shape index (κ1) is 25.9. The number of hydrogen-bond donors (Lipinski definition) is 1. The molecule has 0 unspecified atom stereocenters. The fourth-order valence-corrected chi connectivity index (χ4v) is 4.22. The maximum atomic E-state index is 13.4. The first-order valence-corrected chi connectivity index (χ1v) is 13.3. The number of rotatable bonds is 11. The van der Waals surface area contributed by atoms with Crippen LogP contribution in [0.15, 0.2) is 60.7 Å². The fourth-order valence-electron chi connectivity index (χ4n) is 3.87. The van der Waals surface area contributed by atoms with Crippen LogP contribution in [0.3, 0.4) is 0 Å². The summed E-state index contributed by atoms with van der Waals surface area (Å²) in [5.41, 5.74) is 1.75. The van der Waals surface area contributed by atoms with Crippen molar-refractivity contribution in [2.24, 2.45) is 0 Å². The van der Waals surface area contributed by atoms with Crippen molar-refractivity contribution in [1.29, 1.82) is 0 Å². The van der Waals surface area contributed by atoms with Crippen LogP contribution < -0.4 is 5.32 Å². The minimum atomic E-state index is -3.56. The second kappa shape index (κ2) is 12.1. The van der Waals surface area contributed by atoms with Gasteiger partial charge in [0, 0.05) is 33.2 Å². The average molecular weight is 488 g/mol. The van der Waals surface area contributed by atoms with E-state index < -0.39 is 22.0 Å². The Morgan fingerprint density at radius 1 is 1.06 bits per heavy atom. The predicted octanol–water partition coefficient (Wildman–Crippen LogP) is 1.81. The van der Waals surface area contributed by atoms with Gasteiger partial charge < -0.3 is 15.0 Å². The highest BCUT2D eigenvalue weighted by atomic mass is 32.2. The number of likely N-dealkylation sites (N-methyl/N-ethyl adjacent to an activating group) is 1. The van der Waals surface area contributed by atoms with Gasteiger partial charge in [0.15, 0.2) is 0 Å². The summed E-state index contributed by atoms with van der Waals surface area (Å²) in [6, 6.07) is 18.0. The molecule has 1 aliphatic heterocycles. The summed E-state index contributed by atoms with van der Waals surface area (Å²) < 4.78 is 30.5. The molecule has 1 aliphatic rings. The highest BCUT2D eigenvalue weighted by Gasteiger charge is 2.32. The number of nitrogens with one attached hydrogen (secondary N) is 1. The maximum Gasteiger partial charge on any atom is 0.243 e. The van der Waals surface area contributed by atoms with E-state index in [0.29, 0.717) is 19.6 Å². The molecule has 0 radical (unpaired) electrons. The topological polar surface area (TPSA) is 96.0 Å². The summed E-state index contributed by atoms with van der Waals surface area (Å²) in [4.78, 5) is 28.3. The molecule has 3 rings (SSSR count). The second-order valence-corrected chi connectivity index (χ2v) is 10.7. The first-order chi connectivity index (χ1) is 16.2. The van der Waals surface area contributed by atoms with Gasteiger partial charge in [0.1, 0.15) is 6.04 Å². The highest BCUT2D eigenvalue weighted by Crippen LogP contribution is 2.16. The molecule has 1 heterocycles. The summed E-state index contributed by atoms with van der Waals surface area (Å²) in [7, 11) is -2.20. The van der Waals surface area contributed by atoms with Gasteiger partial charge in [-0.2, -0.15) is 4.31 Å². The summed E-state index contributed by atoms with van der Waals surface area (Å²) in [5.74, 6) is -0.726. The molecule has 9 heteroatoms. The molecule has 0 aromatic heterocycles. The molecule has 184 valence electrons. The Morgan fingerprint density at radius 2 is 1.68 bits per heavy atom. The smallest absolute Gasteiger partial charge is 0.243 e. The van der Waals surface area contributed by atoms with Crippen LogP contribution in [0.5, 0.6) is 0 Å². The van der Waals surface area contributed by atoms with Crippen LogP contribution in [-0.2, 0) is 37.3 Å². The molecule has 1 N–H and O–H groups in total. The first-order valence-electron chi connectivity index (χ1n) is 11.4. The van der Waals surface area contributed by atoms with Crippen molar-refractivity contribution in [1.82, 2.24) is 14.5 Å². The summed E-state index contributed by atoms with van der Waals surface area (Å²) >= 11 is 0. The minimum Gasteiger partial charge on any atom is -0.376 e. The zero-order chi connectivity index (χ0) is 24.6. The predicted molar refractivity (Wildman–Crippen MR) is 130 cm³/mol. The SMILES string of the molecule is CN(CC(=O)N(Cc1ccccc1)[C@@H](Cc1ccccc1)C(=O)NC[C@H]1CCCO1)S(C)(=O)=O. The Balaban J connectivity index is 1.89. The van der Waals surface area contributed by atoms with Gasteiger partial charge in [-0.25, -0.2) is 8.42 Å². The Kier molecular flexibility index (Phi) is 9.20. The standard InChI is InChI=1S/C25H33N3O5S/c1-27(34(2,31)32)19-24(29)28(18-21-12-7-4-8-13-21)23(16-20-10-5-3-6-11-20)25(30)26-17-22-14-9-15-33-22/h3-8,10-13,22-23H,9,14-19H2,1-2H3,(H,26,30)/t22-,23+/m1/s1. The van der Waals surface area contributed by atoms with E-state index in [4.69, 9.17) is 4.74 Å². The number of amides is 2. The van der Waals surface area contributed by atoms with E-state index in [2.05, 4.69) is 5.32 Å². The van der Waals surface area contributed by atoms with Crippen molar-refractivity contribution < 1.29 is 22.7 Å². The number of carbonyl (C=O) groups is 2. The molecule has 0 saturated carbocycles. The van der Waals surface area contributed by atoms with Gasteiger partial charge in [-0.1, -0.05) is 60.7 Å². The molecule has 34 heavy (non-hydrogen) atoms. The molecule has 0 aliphatic carbocycles. The molecule has 8 nitrogen and oxygen atoms in total. The van der Waals surface area contributed by atoms with Crippen LogP contribution >= 0.6 is 0 Å². The van der Waals surface area contributed by atoms with Crippen molar-refractivity contribution >= 4 is 21.8 Å². The van der Waals surface area contributed by atoms with Gasteiger partial charge in [0.2, 0.25) is 21.8 Å². The zero-order valence-corrected chi connectivity index (χ0v) is 20.5. The van der Waals surface area contributed by atoms with Crippen LogP contribution in [0.2, 0.25) is 0 Å². The average Bonchev–Trinajstić information content (AvgIpc) is 3.34. The van der Waals surface area contributed by atoms with Gasteiger partial charge in [-0.05, 0) is 24.0 Å². The van der Waals surface area contributed by atoms with Gasteiger partial charge in [-0.15, -0.1) is 0 Å². The molecule has 1 saturated heterocycles. The molecular weight excluding hydrogens is 454 g/mol. The van der Waals surface area contributed by atoms with E-state index in [1.54, 1.807) is 0 Å². The third kappa shape index (κ3) is 7.65. The summed E-state index contributed by atoms with van der Waals surface area (Å²) in [6.07, 6.45) is 3.17. The van der Waals surface area contributed by atoms with Gasteiger partial charge in [0.25, 0.3) is 0 Å². The number of benzene rings is 2. The Morgan fingerprint density at radius 3 is 2.24 bits per heavy atom. The number of ether oxygens (including phenoxy) is 1. The van der Waals surface area contributed by atoms with E-state index in [-0.39, 0.29) is 25.1 Å². The van der Waals surface area contributed by atoms with Crippen LogP contribution in [0.4, 0.5) is 0 Å². The molecule has 2 amide bonds.